The standard InChI is InChI=1S/C11H15NO2S/c1-2-8-15-11(9-12(13)14)10-6-4-3-5-7-10/h3-7,11H,2,8-9H2,1H3. The van der Waals surface area contributed by atoms with Crippen molar-refractivity contribution in [2.24, 2.45) is 0 Å². The molecule has 0 radical (unpaired) electrons. The number of rotatable bonds is 6. The highest BCUT2D eigenvalue weighted by atomic mass is 32.2. The third kappa shape index (κ3) is 4.34. The average molecular weight is 225 g/mol. The van der Waals surface area contributed by atoms with Crippen molar-refractivity contribution in [1.82, 2.24) is 0 Å². The Morgan fingerprint density at radius 3 is 2.60 bits per heavy atom. The summed E-state index contributed by atoms with van der Waals surface area (Å²) in [5, 5.41) is 10.5. The molecule has 0 heterocycles. The Morgan fingerprint density at radius 2 is 2.07 bits per heavy atom. The fourth-order valence-electron chi connectivity index (χ4n) is 1.32. The maximum absolute atomic E-state index is 10.5. The van der Waals surface area contributed by atoms with Crippen LogP contribution in [0.2, 0.25) is 0 Å². The van der Waals surface area contributed by atoms with Gasteiger partial charge in [0.05, 0.1) is 5.25 Å². The molecule has 1 atom stereocenters. The van der Waals surface area contributed by atoms with Crippen molar-refractivity contribution in [2.45, 2.75) is 18.6 Å². The van der Waals surface area contributed by atoms with Crippen LogP contribution in [0.25, 0.3) is 0 Å². The number of thioether (sulfide) groups is 1. The first-order chi connectivity index (χ1) is 7.24. The number of nitrogens with zero attached hydrogens (tertiary/aromatic N) is 1. The van der Waals surface area contributed by atoms with E-state index in [0.717, 1.165) is 17.7 Å². The van der Waals surface area contributed by atoms with E-state index in [1.54, 1.807) is 11.8 Å². The Morgan fingerprint density at radius 1 is 1.40 bits per heavy atom. The van der Waals surface area contributed by atoms with Crippen molar-refractivity contribution in [3.05, 3.63) is 46.0 Å². The third-order valence-electron chi connectivity index (χ3n) is 2.01. The van der Waals surface area contributed by atoms with Crippen LogP contribution in [0, 0.1) is 10.1 Å². The minimum Gasteiger partial charge on any atom is -0.264 e. The molecule has 82 valence electrons. The van der Waals surface area contributed by atoms with E-state index in [2.05, 4.69) is 6.92 Å². The molecule has 1 rings (SSSR count). The van der Waals surface area contributed by atoms with Crippen LogP contribution in [-0.4, -0.2) is 17.2 Å². The van der Waals surface area contributed by atoms with Gasteiger partial charge in [-0.2, -0.15) is 0 Å². The molecule has 0 aromatic heterocycles. The van der Waals surface area contributed by atoms with Crippen LogP contribution in [-0.2, 0) is 0 Å². The van der Waals surface area contributed by atoms with Gasteiger partial charge in [-0.25, -0.2) is 0 Å². The molecule has 4 heteroatoms. The van der Waals surface area contributed by atoms with Gasteiger partial charge in [-0.1, -0.05) is 37.3 Å². The Kier molecular flexibility index (Phi) is 5.18. The van der Waals surface area contributed by atoms with Crippen LogP contribution in [0.1, 0.15) is 24.2 Å². The van der Waals surface area contributed by atoms with Crippen LogP contribution in [0.5, 0.6) is 0 Å². The van der Waals surface area contributed by atoms with Gasteiger partial charge in [-0.3, -0.25) is 10.1 Å². The van der Waals surface area contributed by atoms with E-state index < -0.39 is 0 Å². The van der Waals surface area contributed by atoms with E-state index >= 15 is 0 Å². The van der Waals surface area contributed by atoms with Crippen molar-refractivity contribution in [2.75, 3.05) is 12.3 Å². The molecule has 1 aromatic rings. The summed E-state index contributed by atoms with van der Waals surface area (Å²) in [6, 6.07) is 9.69. The molecule has 1 unspecified atom stereocenters. The zero-order chi connectivity index (χ0) is 11.1. The molecule has 0 bridgehead atoms. The van der Waals surface area contributed by atoms with Gasteiger partial charge in [0.1, 0.15) is 0 Å². The lowest BCUT2D eigenvalue weighted by molar-refractivity contribution is -0.479. The fraction of sp³-hybridized carbons (Fsp3) is 0.455. The number of nitro groups is 1. The number of benzene rings is 1. The molecule has 0 aliphatic heterocycles. The Labute approximate surface area is 94.0 Å². The SMILES string of the molecule is CCCSC(C[N+](=O)[O-])c1ccccc1. The molecule has 1 aromatic carbocycles. The predicted octanol–water partition coefficient (Wildman–Crippen LogP) is 3.15. The van der Waals surface area contributed by atoms with Crippen LogP contribution in [0.3, 0.4) is 0 Å². The van der Waals surface area contributed by atoms with E-state index in [1.807, 2.05) is 30.3 Å². The first-order valence-electron chi connectivity index (χ1n) is 5.02. The summed E-state index contributed by atoms with van der Waals surface area (Å²) in [6.45, 7) is 2.09. The molecule has 0 saturated heterocycles. The second-order valence-corrected chi connectivity index (χ2v) is 4.60. The van der Waals surface area contributed by atoms with Gasteiger partial charge in [0, 0.05) is 4.92 Å². The third-order valence-corrected chi connectivity index (χ3v) is 3.48. The van der Waals surface area contributed by atoms with Gasteiger partial charge < -0.3 is 0 Å². The van der Waals surface area contributed by atoms with Crippen LogP contribution in [0.15, 0.2) is 30.3 Å². The quantitative estimate of drug-likeness (QED) is 0.551. The highest BCUT2D eigenvalue weighted by Crippen LogP contribution is 2.29. The molecule has 15 heavy (non-hydrogen) atoms. The zero-order valence-electron chi connectivity index (χ0n) is 8.76. The van der Waals surface area contributed by atoms with Gasteiger partial charge >= 0.3 is 0 Å². The van der Waals surface area contributed by atoms with Crippen molar-refractivity contribution in [3.63, 3.8) is 0 Å². The van der Waals surface area contributed by atoms with Crippen LogP contribution in [0.4, 0.5) is 0 Å². The summed E-state index contributed by atoms with van der Waals surface area (Å²) >= 11 is 1.66. The molecule has 0 N–H and O–H groups in total. The maximum atomic E-state index is 10.5. The lowest BCUT2D eigenvalue weighted by atomic mass is 10.1. The number of hydrogen-bond acceptors (Lipinski definition) is 3. The monoisotopic (exact) mass is 225 g/mol. The fourth-order valence-corrected chi connectivity index (χ4v) is 2.41. The van der Waals surface area contributed by atoms with Gasteiger partial charge in [0.2, 0.25) is 6.54 Å². The van der Waals surface area contributed by atoms with Gasteiger partial charge in [-0.05, 0) is 17.7 Å². The first kappa shape index (κ1) is 12.0. The Balaban J connectivity index is 2.67. The van der Waals surface area contributed by atoms with Crippen molar-refractivity contribution in [1.29, 1.82) is 0 Å². The molecule has 0 saturated carbocycles. The zero-order valence-corrected chi connectivity index (χ0v) is 9.57. The normalized spacial score (nSPS) is 12.3. The van der Waals surface area contributed by atoms with Crippen molar-refractivity contribution >= 4 is 11.8 Å². The van der Waals surface area contributed by atoms with E-state index in [9.17, 15) is 10.1 Å². The molecule has 0 amide bonds. The average Bonchev–Trinajstić information content (AvgIpc) is 2.25. The van der Waals surface area contributed by atoms with Crippen LogP contribution < -0.4 is 0 Å². The molecule has 3 nitrogen and oxygen atoms in total. The number of hydrogen-bond donors (Lipinski definition) is 0. The lowest BCUT2D eigenvalue weighted by Gasteiger charge is -2.11. The highest BCUT2D eigenvalue weighted by Gasteiger charge is 2.17. The summed E-state index contributed by atoms with van der Waals surface area (Å²) in [7, 11) is 0. The van der Waals surface area contributed by atoms with Gasteiger partial charge in [-0.15, -0.1) is 11.8 Å². The highest BCUT2D eigenvalue weighted by molar-refractivity contribution is 7.99. The topological polar surface area (TPSA) is 43.1 Å². The first-order valence-corrected chi connectivity index (χ1v) is 6.07. The molecular formula is C11H15NO2S. The summed E-state index contributed by atoms with van der Waals surface area (Å²) in [4.78, 5) is 10.3. The van der Waals surface area contributed by atoms with E-state index in [1.165, 1.54) is 0 Å². The van der Waals surface area contributed by atoms with Gasteiger partial charge in [0.15, 0.2) is 0 Å². The lowest BCUT2D eigenvalue weighted by Crippen LogP contribution is -2.10. The Bertz CT molecular complexity index is 303. The molecule has 0 spiro atoms. The molecular weight excluding hydrogens is 210 g/mol. The van der Waals surface area contributed by atoms with E-state index in [-0.39, 0.29) is 16.7 Å². The second-order valence-electron chi connectivity index (χ2n) is 3.29. The summed E-state index contributed by atoms with van der Waals surface area (Å²) in [5.74, 6) is 0.966. The van der Waals surface area contributed by atoms with Crippen molar-refractivity contribution in [3.8, 4) is 0 Å². The molecule has 0 fully saturated rings. The minimum atomic E-state index is -0.236. The smallest absolute Gasteiger partial charge is 0.219 e. The van der Waals surface area contributed by atoms with Crippen LogP contribution >= 0.6 is 11.8 Å². The largest absolute Gasteiger partial charge is 0.264 e. The van der Waals surface area contributed by atoms with Crippen molar-refractivity contribution < 1.29 is 4.92 Å². The van der Waals surface area contributed by atoms with E-state index in [0.29, 0.717) is 0 Å². The van der Waals surface area contributed by atoms with Gasteiger partial charge in [0.25, 0.3) is 0 Å². The minimum absolute atomic E-state index is 0.00861. The maximum Gasteiger partial charge on any atom is 0.219 e. The second kappa shape index (κ2) is 6.45. The van der Waals surface area contributed by atoms with E-state index in [4.69, 9.17) is 0 Å². The summed E-state index contributed by atoms with van der Waals surface area (Å²) in [6.07, 6.45) is 1.05. The predicted molar refractivity (Wildman–Crippen MR) is 63.8 cm³/mol. The summed E-state index contributed by atoms with van der Waals surface area (Å²) < 4.78 is 0. The summed E-state index contributed by atoms with van der Waals surface area (Å²) in [5.41, 5.74) is 1.05. The molecule has 0 aliphatic rings. The molecule has 0 aliphatic carbocycles. The Hall–Kier alpha value is -1.03.